The number of nitrogens with zero attached hydrogens (tertiary/aromatic N) is 2. The molecule has 3 aromatic rings. The van der Waals surface area contributed by atoms with Gasteiger partial charge in [0.2, 0.25) is 0 Å². The highest BCUT2D eigenvalue weighted by Crippen LogP contribution is 2.34. The summed E-state index contributed by atoms with van der Waals surface area (Å²) in [5.74, 6) is 2.04. The predicted octanol–water partition coefficient (Wildman–Crippen LogP) is 5.83. The van der Waals surface area contributed by atoms with E-state index in [0.717, 1.165) is 29.3 Å². The number of hydrogen-bond acceptors (Lipinski definition) is 3. The van der Waals surface area contributed by atoms with E-state index in [1.165, 1.54) is 49.8 Å². The molecule has 0 amide bonds. The van der Waals surface area contributed by atoms with Crippen LogP contribution in [-0.4, -0.2) is 9.97 Å². The van der Waals surface area contributed by atoms with Crippen molar-refractivity contribution in [1.82, 2.24) is 9.97 Å². The molecule has 3 nitrogen and oxygen atoms in total. The molecule has 1 saturated carbocycles. The van der Waals surface area contributed by atoms with Gasteiger partial charge in [-0.3, -0.25) is 4.98 Å². The summed E-state index contributed by atoms with van der Waals surface area (Å²) < 4.78 is 6.03. The summed E-state index contributed by atoms with van der Waals surface area (Å²) in [5, 5.41) is 0. The molecule has 25 heavy (non-hydrogen) atoms. The third-order valence-electron chi connectivity index (χ3n) is 5.46. The van der Waals surface area contributed by atoms with Crippen molar-refractivity contribution in [1.29, 1.82) is 0 Å². The van der Waals surface area contributed by atoms with Gasteiger partial charge in [-0.2, -0.15) is 0 Å². The maximum Gasteiger partial charge on any atom is 0.196 e. The second-order valence-corrected chi connectivity index (χ2v) is 7.47. The van der Waals surface area contributed by atoms with Gasteiger partial charge >= 0.3 is 0 Å². The molecule has 1 aliphatic rings. The second kappa shape index (κ2) is 7.38. The van der Waals surface area contributed by atoms with E-state index in [-0.39, 0.29) is 0 Å². The van der Waals surface area contributed by atoms with E-state index in [0.29, 0.717) is 5.92 Å². The topological polar surface area (TPSA) is 38.9 Å². The number of fused-ring (bicyclic) bond motifs is 1. The minimum absolute atomic E-state index is 0.387. The van der Waals surface area contributed by atoms with Gasteiger partial charge in [-0.25, -0.2) is 4.98 Å². The van der Waals surface area contributed by atoms with Crippen LogP contribution in [-0.2, 0) is 6.42 Å². The van der Waals surface area contributed by atoms with Gasteiger partial charge in [-0.05, 0) is 49.1 Å². The average molecular weight is 334 g/mol. The number of oxazole rings is 1. The lowest BCUT2D eigenvalue weighted by Crippen LogP contribution is -2.14. The molecule has 0 bridgehead atoms. The Kier molecular flexibility index (Phi) is 4.82. The molecule has 1 aromatic carbocycles. The van der Waals surface area contributed by atoms with Crippen molar-refractivity contribution in [3.05, 3.63) is 59.7 Å². The first-order valence-corrected chi connectivity index (χ1v) is 9.55. The Morgan fingerprint density at radius 2 is 2.00 bits per heavy atom. The number of rotatable bonds is 5. The van der Waals surface area contributed by atoms with Crippen LogP contribution >= 0.6 is 0 Å². The summed E-state index contributed by atoms with van der Waals surface area (Å²) in [7, 11) is 0. The van der Waals surface area contributed by atoms with Crippen molar-refractivity contribution in [3.8, 4) is 0 Å². The molecule has 0 radical (unpaired) electrons. The Bertz CT molecular complexity index is 818. The van der Waals surface area contributed by atoms with Crippen LogP contribution in [0.15, 0.2) is 47.0 Å². The molecule has 1 atom stereocenters. The van der Waals surface area contributed by atoms with E-state index in [9.17, 15) is 0 Å². The Hall–Kier alpha value is -2.16. The highest BCUT2D eigenvalue weighted by molar-refractivity contribution is 5.73. The zero-order valence-electron chi connectivity index (χ0n) is 14.9. The lowest BCUT2D eigenvalue weighted by Gasteiger charge is -2.25. The maximum absolute atomic E-state index is 6.03. The first-order valence-electron chi connectivity index (χ1n) is 9.55. The smallest absolute Gasteiger partial charge is 0.196 e. The standard InChI is InChI=1S/C22H26N2O/c1-16-10-11-21-20(13-16)24-22(25-21)15-18(19-9-5-6-12-23-19)14-17-7-3-2-4-8-17/h5-6,9-13,17-18H,2-4,7-8,14-15H2,1H3/t18-/m0/s1. The molecular weight excluding hydrogens is 308 g/mol. The fourth-order valence-corrected chi connectivity index (χ4v) is 4.13. The molecular formula is C22H26N2O. The Morgan fingerprint density at radius 1 is 1.12 bits per heavy atom. The fourth-order valence-electron chi connectivity index (χ4n) is 4.13. The van der Waals surface area contributed by atoms with Crippen LogP contribution in [0.1, 0.15) is 61.6 Å². The normalized spacial score (nSPS) is 17.0. The molecule has 2 heterocycles. The molecule has 0 aliphatic heterocycles. The summed E-state index contributed by atoms with van der Waals surface area (Å²) in [6.07, 6.45) is 10.8. The minimum atomic E-state index is 0.387. The highest BCUT2D eigenvalue weighted by Gasteiger charge is 2.23. The molecule has 0 saturated heterocycles. The lowest BCUT2D eigenvalue weighted by atomic mass is 9.80. The second-order valence-electron chi connectivity index (χ2n) is 7.47. The van der Waals surface area contributed by atoms with Crippen molar-refractivity contribution in [2.24, 2.45) is 5.92 Å². The number of pyridine rings is 1. The SMILES string of the molecule is Cc1ccc2oc(C[C@H](CC3CCCCC3)c3ccccn3)nc2c1. The van der Waals surface area contributed by atoms with E-state index in [2.05, 4.69) is 36.2 Å². The van der Waals surface area contributed by atoms with Gasteiger partial charge in [0.05, 0.1) is 0 Å². The third kappa shape index (κ3) is 3.92. The van der Waals surface area contributed by atoms with Crippen molar-refractivity contribution >= 4 is 11.1 Å². The molecule has 130 valence electrons. The average Bonchev–Trinajstić information content (AvgIpc) is 3.04. The highest BCUT2D eigenvalue weighted by atomic mass is 16.3. The molecule has 0 spiro atoms. The number of benzene rings is 1. The van der Waals surface area contributed by atoms with E-state index in [1.807, 2.05) is 18.3 Å². The molecule has 4 rings (SSSR count). The Labute approximate surface area is 149 Å². The first-order chi connectivity index (χ1) is 12.3. The monoisotopic (exact) mass is 334 g/mol. The van der Waals surface area contributed by atoms with Crippen LogP contribution in [0, 0.1) is 12.8 Å². The number of hydrogen-bond donors (Lipinski definition) is 0. The molecule has 1 aliphatic carbocycles. The Balaban J connectivity index is 1.57. The van der Waals surface area contributed by atoms with E-state index in [4.69, 9.17) is 9.40 Å². The van der Waals surface area contributed by atoms with Crippen molar-refractivity contribution < 1.29 is 4.42 Å². The van der Waals surface area contributed by atoms with Crippen LogP contribution in [0.3, 0.4) is 0 Å². The summed E-state index contributed by atoms with van der Waals surface area (Å²) >= 11 is 0. The first kappa shape index (κ1) is 16.3. The number of aryl methyl sites for hydroxylation is 1. The quantitative estimate of drug-likeness (QED) is 0.589. The summed E-state index contributed by atoms with van der Waals surface area (Å²) in [6, 6.07) is 12.4. The van der Waals surface area contributed by atoms with Crippen molar-refractivity contribution in [3.63, 3.8) is 0 Å². The summed E-state index contributed by atoms with van der Waals surface area (Å²) in [6.45, 7) is 2.09. The molecule has 2 aromatic heterocycles. The zero-order chi connectivity index (χ0) is 17.1. The molecule has 1 fully saturated rings. The predicted molar refractivity (Wildman–Crippen MR) is 101 cm³/mol. The van der Waals surface area contributed by atoms with Crippen LogP contribution in [0.2, 0.25) is 0 Å². The molecule has 0 unspecified atom stereocenters. The van der Waals surface area contributed by atoms with E-state index < -0.39 is 0 Å². The maximum atomic E-state index is 6.03. The lowest BCUT2D eigenvalue weighted by molar-refractivity contribution is 0.309. The van der Waals surface area contributed by atoms with Gasteiger partial charge in [0.15, 0.2) is 11.5 Å². The number of aromatic nitrogens is 2. The largest absolute Gasteiger partial charge is 0.441 e. The molecule has 0 N–H and O–H groups in total. The van der Waals surface area contributed by atoms with Crippen molar-refractivity contribution in [2.45, 2.75) is 57.8 Å². The minimum Gasteiger partial charge on any atom is -0.441 e. The summed E-state index contributed by atoms with van der Waals surface area (Å²) in [4.78, 5) is 9.38. The van der Waals surface area contributed by atoms with Crippen LogP contribution in [0.5, 0.6) is 0 Å². The van der Waals surface area contributed by atoms with Crippen molar-refractivity contribution in [2.75, 3.05) is 0 Å². The fraction of sp³-hybridized carbons (Fsp3) is 0.455. The van der Waals surface area contributed by atoms with Gasteiger partial charge in [0, 0.05) is 24.2 Å². The van der Waals surface area contributed by atoms with E-state index in [1.54, 1.807) is 0 Å². The Morgan fingerprint density at radius 3 is 2.80 bits per heavy atom. The van der Waals surface area contributed by atoms with Gasteiger partial charge in [0.25, 0.3) is 0 Å². The zero-order valence-corrected chi connectivity index (χ0v) is 14.9. The van der Waals surface area contributed by atoms with Gasteiger partial charge in [-0.15, -0.1) is 0 Å². The van der Waals surface area contributed by atoms with Crippen LogP contribution in [0.25, 0.3) is 11.1 Å². The molecule has 3 heteroatoms. The van der Waals surface area contributed by atoms with E-state index >= 15 is 0 Å². The summed E-state index contributed by atoms with van der Waals surface area (Å²) in [5.41, 5.74) is 4.24. The van der Waals surface area contributed by atoms with Gasteiger partial charge < -0.3 is 4.42 Å². The van der Waals surface area contributed by atoms with Gasteiger partial charge in [-0.1, -0.05) is 44.2 Å². The van der Waals surface area contributed by atoms with Crippen LogP contribution in [0.4, 0.5) is 0 Å². The van der Waals surface area contributed by atoms with Crippen LogP contribution < -0.4 is 0 Å². The third-order valence-corrected chi connectivity index (χ3v) is 5.46. The van der Waals surface area contributed by atoms with Gasteiger partial charge in [0.1, 0.15) is 5.52 Å².